The van der Waals surface area contributed by atoms with Gasteiger partial charge in [0.15, 0.2) is 5.54 Å². The van der Waals surface area contributed by atoms with Gasteiger partial charge in [-0.15, -0.1) is 0 Å². The van der Waals surface area contributed by atoms with Gasteiger partial charge in [0.25, 0.3) is 17.6 Å². The van der Waals surface area contributed by atoms with Gasteiger partial charge < -0.3 is 19.6 Å². The fourth-order valence-electron chi connectivity index (χ4n) is 5.30. The van der Waals surface area contributed by atoms with E-state index in [9.17, 15) is 23.9 Å². The second kappa shape index (κ2) is 8.90. The summed E-state index contributed by atoms with van der Waals surface area (Å²) >= 11 is 0. The lowest BCUT2D eigenvalue weighted by atomic mass is 9.82. The number of halogens is 1. The van der Waals surface area contributed by atoms with Gasteiger partial charge in [-0.2, -0.15) is 0 Å². The Morgan fingerprint density at radius 3 is 2.43 bits per heavy atom. The maximum Gasteiger partial charge on any atom is 0.296 e. The number of carbonyl (C=O) groups excluding carboxylic acids is 3. The molecule has 2 aromatic rings. The smallest absolute Gasteiger partial charge is 0.296 e. The Morgan fingerprint density at radius 2 is 1.71 bits per heavy atom. The number of amides is 2. The van der Waals surface area contributed by atoms with Gasteiger partial charge >= 0.3 is 0 Å². The lowest BCUT2D eigenvalue weighted by molar-refractivity contribution is -0.143. The minimum atomic E-state index is -1.79. The van der Waals surface area contributed by atoms with Gasteiger partial charge in [0.05, 0.1) is 18.8 Å². The number of rotatable bonds is 5. The number of hydrogen-bond donors (Lipinski definition) is 1. The number of anilines is 1. The molecule has 2 saturated heterocycles. The predicted octanol–water partition coefficient (Wildman–Crippen LogP) is 2.10. The zero-order valence-electron chi connectivity index (χ0n) is 19.4. The largest absolute Gasteiger partial charge is 0.507 e. The molecule has 2 fully saturated rings. The summed E-state index contributed by atoms with van der Waals surface area (Å²) in [6, 6.07) is 11.9. The molecule has 9 heteroatoms. The Labute approximate surface area is 202 Å². The number of hydrogen-bond acceptors (Lipinski definition) is 6. The van der Waals surface area contributed by atoms with Gasteiger partial charge in [0.1, 0.15) is 11.6 Å². The summed E-state index contributed by atoms with van der Waals surface area (Å²) in [4.78, 5) is 45.6. The second-order valence-corrected chi connectivity index (χ2v) is 8.92. The monoisotopic (exact) mass is 479 g/mol. The zero-order valence-corrected chi connectivity index (χ0v) is 19.4. The number of likely N-dealkylation sites (N-methyl/N-ethyl adjacent to an activating group) is 1. The molecule has 182 valence electrons. The van der Waals surface area contributed by atoms with E-state index in [1.807, 2.05) is 0 Å². The van der Waals surface area contributed by atoms with Crippen LogP contribution in [0.25, 0.3) is 5.76 Å². The van der Waals surface area contributed by atoms with Crippen molar-refractivity contribution in [3.05, 3.63) is 71.0 Å². The average molecular weight is 480 g/mol. The minimum absolute atomic E-state index is 0.149. The Hall–Kier alpha value is -3.56. The van der Waals surface area contributed by atoms with Crippen LogP contribution in [0.5, 0.6) is 0 Å². The highest BCUT2D eigenvalue weighted by Gasteiger charge is 2.66. The second-order valence-electron chi connectivity index (χ2n) is 8.92. The molecule has 1 atom stereocenters. The molecular formula is C26H26FN3O5. The first kappa shape index (κ1) is 23.2. The van der Waals surface area contributed by atoms with Gasteiger partial charge in [-0.3, -0.25) is 19.3 Å². The van der Waals surface area contributed by atoms with Gasteiger partial charge in [-0.25, -0.2) is 4.39 Å². The zero-order chi connectivity index (χ0) is 24.7. The molecule has 0 radical (unpaired) electrons. The van der Waals surface area contributed by atoms with Gasteiger partial charge in [0.2, 0.25) is 0 Å². The van der Waals surface area contributed by atoms with Crippen LogP contribution in [0.1, 0.15) is 17.5 Å². The quantitative estimate of drug-likeness (QED) is 0.401. The fraction of sp³-hybridized carbons (Fsp3) is 0.346. The molecule has 0 saturated carbocycles. The van der Waals surface area contributed by atoms with E-state index in [4.69, 9.17) is 4.74 Å². The number of morpholine rings is 1. The number of aliphatic hydroxyl groups excluding tert-OH is 1. The molecule has 0 aromatic heterocycles. The molecule has 2 aromatic carbocycles. The topological polar surface area (TPSA) is 90.4 Å². The predicted molar refractivity (Wildman–Crippen MR) is 126 cm³/mol. The first-order valence-corrected chi connectivity index (χ1v) is 11.6. The lowest BCUT2D eigenvalue weighted by Gasteiger charge is -2.35. The van der Waals surface area contributed by atoms with Crippen molar-refractivity contribution in [2.45, 2.75) is 12.0 Å². The van der Waals surface area contributed by atoms with E-state index in [1.165, 1.54) is 21.9 Å². The van der Waals surface area contributed by atoms with Crippen molar-refractivity contribution in [1.29, 1.82) is 0 Å². The standard InChI is InChI=1S/C26H26FN3O5/c1-28-20-6-3-2-5-19(20)26(25(28)34)21(22(31)17-7-9-18(27)10-8-17)23(32)24(33)30(26)12-4-11-29-13-15-35-16-14-29/h2-3,5-10,31H,4,11-16H2,1H3/t26-/m1/s1. The van der Waals surface area contributed by atoms with Crippen molar-refractivity contribution in [2.24, 2.45) is 0 Å². The Kier molecular flexibility index (Phi) is 5.90. The SMILES string of the molecule is CN1C(=O)[C@]2(C(=C(O)c3ccc(F)cc3)C(=O)C(=O)N2CCCN2CCOCC2)c2ccccc21. The molecule has 1 spiro atoms. The molecule has 35 heavy (non-hydrogen) atoms. The van der Waals surface area contributed by atoms with Gasteiger partial charge in [-0.1, -0.05) is 18.2 Å². The summed E-state index contributed by atoms with van der Waals surface area (Å²) in [5.41, 5.74) is -0.910. The van der Waals surface area contributed by atoms with E-state index in [1.54, 1.807) is 31.3 Å². The van der Waals surface area contributed by atoms with Crippen molar-refractivity contribution >= 4 is 29.0 Å². The number of benzene rings is 2. The van der Waals surface area contributed by atoms with Crippen molar-refractivity contribution in [1.82, 2.24) is 9.80 Å². The number of ether oxygens (including phenoxy) is 1. The van der Waals surface area contributed by atoms with Gasteiger partial charge in [-0.05, 0) is 36.8 Å². The van der Waals surface area contributed by atoms with Crippen LogP contribution in [0.2, 0.25) is 0 Å². The summed E-state index contributed by atoms with van der Waals surface area (Å²) < 4.78 is 18.9. The molecule has 8 nitrogen and oxygen atoms in total. The molecule has 3 heterocycles. The highest BCUT2D eigenvalue weighted by molar-refractivity contribution is 6.50. The first-order chi connectivity index (χ1) is 16.9. The molecule has 3 aliphatic rings. The number of likely N-dealkylation sites (tertiary alicyclic amines) is 1. The summed E-state index contributed by atoms with van der Waals surface area (Å²) in [5.74, 6) is -3.28. The Morgan fingerprint density at radius 1 is 1.03 bits per heavy atom. The molecular weight excluding hydrogens is 453 g/mol. The average Bonchev–Trinajstić information content (AvgIpc) is 3.23. The number of ketones is 1. The number of aliphatic hydroxyl groups is 1. The molecule has 1 N–H and O–H groups in total. The van der Waals surface area contributed by atoms with Crippen LogP contribution < -0.4 is 4.90 Å². The molecule has 5 rings (SSSR count). The van der Waals surface area contributed by atoms with E-state index >= 15 is 0 Å². The van der Waals surface area contributed by atoms with Gasteiger partial charge in [0, 0.05) is 50.0 Å². The Bertz CT molecular complexity index is 1220. The third-order valence-electron chi connectivity index (χ3n) is 7.02. The van der Waals surface area contributed by atoms with Crippen LogP contribution in [0.15, 0.2) is 54.1 Å². The normalized spacial score (nSPS) is 24.0. The van der Waals surface area contributed by atoms with Crippen LogP contribution in [-0.4, -0.2) is 78.9 Å². The molecule has 0 unspecified atom stereocenters. The molecule has 2 amide bonds. The fourth-order valence-corrected chi connectivity index (χ4v) is 5.30. The van der Waals surface area contributed by atoms with Crippen molar-refractivity contribution in [3.8, 4) is 0 Å². The number of fused-ring (bicyclic) bond motifs is 2. The van der Waals surface area contributed by atoms with Crippen LogP contribution >= 0.6 is 0 Å². The highest BCUT2D eigenvalue weighted by atomic mass is 19.1. The summed E-state index contributed by atoms with van der Waals surface area (Å²) in [5, 5.41) is 11.3. The van der Waals surface area contributed by atoms with Crippen LogP contribution in [0.4, 0.5) is 10.1 Å². The van der Waals surface area contributed by atoms with Crippen molar-refractivity contribution < 1.29 is 28.6 Å². The third-order valence-corrected chi connectivity index (χ3v) is 7.02. The third kappa shape index (κ3) is 3.54. The van der Waals surface area contributed by atoms with Crippen LogP contribution in [-0.2, 0) is 24.7 Å². The molecule has 0 aliphatic carbocycles. The van der Waals surface area contributed by atoms with Crippen molar-refractivity contribution in [2.75, 3.05) is 51.3 Å². The number of carbonyl (C=O) groups is 3. The molecule has 3 aliphatic heterocycles. The molecule has 0 bridgehead atoms. The Balaban J connectivity index is 1.63. The number of nitrogens with zero attached hydrogens (tertiary/aromatic N) is 3. The first-order valence-electron chi connectivity index (χ1n) is 11.6. The summed E-state index contributed by atoms with van der Waals surface area (Å²) in [7, 11) is 1.58. The summed E-state index contributed by atoms with van der Waals surface area (Å²) in [6.07, 6.45) is 0.532. The maximum absolute atomic E-state index is 13.9. The lowest BCUT2D eigenvalue weighted by Crippen LogP contribution is -2.52. The number of Topliss-reactive ketones (excluding diaryl/α,β-unsaturated/α-hetero) is 1. The number of para-hydroxylation sites is 1. The van der Waals surface area contributed by atoms with Crippen LogP contribution in [0.3, 0.4) is 0 Å². The van der Waals surface area contributed by atoms with E-state index < -0.39 is 34.7 Å². The van der Waals surface area contributed by atoms with E-state index in [-0.39, 0.29) is 17.7 Å². The minimum Gasteiger partial charge on any atom is -0.507 e. The van der Waals surface area contributed by atoms with Crippen LogP contribution in [0, 0.1) is 5.82 Å². The summed E-state index contributed by atoms with van der Waals surface area (Å²) in [6.45, 7) is 3.65. The highest BCUT2D eigenvalue weighted by Crippen LogP contribution is 2.53. The maximum atomic E-state index is 13.9. The van der Waals surface area contributed by atoms with E-state index in [0.717, 1.165) is 25.2 Å². The van der Waals surface area contributed by atoms with Crippen molar-refractivity contribution in [3.63, 3.8) is 0 Å². The van der Waals surface area contributed by atoms with E-state index in [2.05, 4.69) is 4.90 Å². The van der Waals surface area contributed by atoms with E-state index in [0.29, 0.717) is 37.4 Å².